The lowest BCUT2D eigenvalue weighted by Gasteiger charge is -2.31. The molecule has 0 bridgehead atoms. The highest BCUT2D eigenvalue weighted by Gasteiger charge is 2.35. The van der Waals surface area contributed by atoms with Crippen LogP contribution in [0.2, 0.25) is 5.02 Å². The molecule has 1 heterocycles. The van der Waals surface area contributed by atoms with E-state index in [9.17, 15) is 13.2 Å². The van der Waals surface area contributed by atoms with Crippen molar-refractivity contribution >= 4 is 33.2 Å². The number of amides is 1. The van der Waals surface area contributed by atoms with Crippen LogP contribution in [0.1, 0.15) is 24.0 Å². The molecule has 1 saturated heterocycles. The first-order valence-corrected chi connectivity index (χ1v) is 11.3. The highest BCUT2D eigenvalue weighted by atomic mass is 35.5. The van der Waals surface area contributed by atoms with E-state index in [1.54, 1.807) is 6.07 Å². The molecule has 156 valence electrons. The lowest BCUT2D eigenvalue weighted by atomic mass is 9.98. The van der Waals surface area contributed by atoms with Crippen LogP contribution in [0.3, 0.4) is 0 Å². The summed E-state index contributed by atoms with van der Waals surface area (Å²) in [6, 6.07) is 10.3. The molecule has 1 aliphatic rings. The van der Waals surface area contributed by atoms with Crippen LogP contribution < -0.4 is 10.1 Å². The molecule has 0 saturated carbocycles. The number of carbonyl (C=O) groups is 1. The number of rotatable bonds is 5. The molecular weight excluding hydrogens is 412 g/mol. The molecule has 0 aliphatic carbocycles. The zero-order valence-corrected chi connectivity index (χ0v) is 18.3. The topological polar surface area (TPSA) is 75.7 Å². The standard InChI is InChI=1S/C21H25ClN2O4S/c1-14-6-8-18(15(2)11-14)23-21(25)16-5-4-10-24(13-16)29(26,27)20-12-17(22)7-9-19(20)28-3/h6-9,11-12,16H,4-5,10,13H2,1-3H3,(H,23,25)/t16-/m1/s1. The van der Waals surface area contributed by atoms with Crippen LogP contribution in [-0.2, 0) is 14.8 Å². The fraction of sp³-hybridized carbons (Fsp3) is 0.381. The molecule has 6 nitrogen and oxygen atoms in total. The van der Waals surface area contributed by atoms with Gasteiger partial charge in [-0.1, -0.05) is 29.3 Å². The van der Waals surface area contributed by atoms with Gasteiger partial charge in [0.25, 0.3) is 0 Å². The molecular formula is C21H25ClN2O4S. The van der Waals surface area contributed by atoms with Gasteiger partial charge in [0.2, 0.25) is 15.9 Å². The van der Waals surface area contributed by atoms with Crippen molar-refractivity contribution in [3.05, 3.63) is 52.5 Å². The van der Waals surface area contributed by atoms with E-state index in [2.05, 4.69) is 5.32 Å². The first kappa shape index (κ1) is 21.6. The number of piperidine rings is 1. The van der Waals surface area contributed by atoms with E-state index in [1.807, 2.05) is 32.0 Å². The second-order valence-electron chi connectivity index (χ2n) is 7.31. The minimum atomic E-state index is -3.84. The Morgan fingerprint density at radius 2 is 1.97 bits per heavy atom. The number of nitrogens with zero attached hydrogens (tertiary/aromatic N) is 1. The van der Waals surface area contributed by atoms with Crippen LogP contribution in [0.5, 0.6) is 5.75 Å². The molecule has 29 heavy (non-hydrogen) atoms. The van der Waals surface area contributed by atoms with E-state index in [-0.39, 0.29) is 23.1 Å². The minimum Gasteiger partial charge on any atom is -0.495 e. The average Bonchev–Trinajstić information content (AvgIpc) is 2.70. The maximum Gasteiger partial charge on any atom is 0.246 e. The second kappa shape index (κ2) is 8.73. The van der Waals surface area contributed by atoms with Crippen molar-refractivity contribution in [1.29, 1.82) is 0 Å². The lowest BCUT2D eigenvalue weighted by molar-refractivity contribution is -0.120. The van der Waals surface area contributed by atoms with Crippen LogP contribution in [0.15, 0.2) is 41.3 Å². The summed E-state index contributed by atoms with van der Waals surface area (Å²) in [6.07, 6.45) is 1.24. The Balaban J connectivity index is 1.79. The summed E-state index contributed by atoms with van der Waals surface area (Å²) in [5.74, 6) is -0.365. The number of methoxy groups -OCH3 is 1. The van der Waals surface area contributed by atoms with Gasteiger partial charge < -0.3 is 10.1 Å². The number of halogens is 1. The van der Waals surface area contributed by atoms with Crippen molar-refractivity contribution in [3.8, 4) is 5.75 Å². The minimum absolute atomic E-state index is 0.0166. The highest BCUT2D eigenvalue weighted by Crippen LogP contribution is 2.32. The molecule has 2 aromatic rings. The summed E-state index contributed by atoms with van der Waals surface area (Å²) in [7, 11) is -2.42. The third-order valence-corrected chi connectivity index (χ3v) is 7.26. The quantitative estimate of drug-likeness (QED) is 0.768. The van der Waals surface area contributed by atoms with Crippen molar-refractivity contribution in [2.24, 2.45) is 5.92 Å². The van der Waals surface area contributed by atoms with Crippen LogP contribution in [0.4, 0.5) is 5.69 Å². The van der Waals surface area contributed by atoms with Gasteiger partial charge in [-0.2, -0.15) is 4.31 Å². The predicted molar refractivity (Wildman–Crippen MR) is 114 cm³/mol. The number of hydrogen-bond donors (Lipinski definition) is 1. The summed E-state index contributed by atoms with van der Waals surface area (Å²) < 4.78 is 32.9. The first-order chi connectivity index (χ1) is 13.7. The van der Waals surface area contributed by atoms with Gasteiger partial charge in [-0.15, -0.1) is 0 Å². The molecule has 1 aliphatic heterocycles. The monoisotopic (exact) mass is 436 g/mol. The SMILES string of the molecule is COc1ccc(Cl)cc1S(=O)(=O)N1CCC[C@@H](C(=O)Nc2ccc(C)cc2C)C1. The molecule has 2 aromatic carbocycles. The van der Waals surface area contributed by atoms with E-state index in [0.29, 0.717) is 24.4 Å². The van der Waals surface area contributed by atoms with Crippen LogP contribution in [0.25, 0.3) is 0 Å². The zero-order chi connectivity index (χ0) is 21.2. The van der Waals surface area contributed by atoms with Gasteiger partial charge in [0, 0.05) is 23.8 Å². The molecule has 0 radical (unpaired) electrons. The van der Waals surface area contributed by atoms with Gasteiger partial charge in [0.05, 0.1) is 13.0 Å². The molecule has 1 amide bonds. The van der Waals surface area contributed by atoms with E-state index in [4.69, 9.17) is 16.3 Å². The number of aryl methyl sites for hydroxylation is 2. The van der Waals surface area contributed by atoms with Gasteiger partial charge in [0.1, 0.15) is 10.6 Å². The summed E-state index contributed by atoms with van der Waals surface area (Å²) in [4.78, 5) is 12.8. The molecule has 0 spiro atoms. The molecule has 0 unspecified atom stereocenters. The Kier molecular flexibility index (Phi) is 6.51. The third-order valence-electron chi connectivity index (χ3n) is 5.14. The van der Waals surface area contributed by atoms with Crippen LogP contribution >= 0.6 is 11.6 Å². The van der Waals surface area contributed by atoms with E-state index in [1.165, 1.54) is 23.5 Å². The predicted octanol–water partition coefficient (Wildman–Crippen LogP) is 4.00. The molecule has 3 rings (SSSR count). The third kappa shape index (κ3) is 4.74. The summed E-state index contributed by atoms with van der Waals surface area (Å²) in [5.41, 5.74) is 2.84. The van der Waals surface area contributed by atoms with Crippen molar-refractivity contribution in [1.82, 2.24) is 4.31 Å². The average molecular weight is 437 g/mol. The number of nitrogens with one attached hydrogen (secondary N) is 1. The van der Waals surface area contributed by atoms with Gasteiger partial charge in [-0.3, -0.25) is 4.79 Å². The largest absolute Gasteiger partial charge is 0.495 e. The van der Waals surface area contributed by atoms with Crippen LogP contribution in [0, 0.1) is 19.8 Å². The van der Waals surface area contributed by atoms with E-state index in [0.717, 1.165) is 16.8 Å². The smallest absolute Gasteiger partial charge is 0.246 e. The fourth-order valence-corrected chi connectivity index (χ4v) is 5.50. The van der Waals surface area contributed by atoms with Crippen LogP contribution in [-0.4, -0.2) is 38.8 Å². The fourth-order valence-electron chi connectivity index (χ4n) is 3.55. The molecule has 1 atom stereocenters. The summed E-state index contributed by atoms with van der Waals surface area (Å²) in [6.45, 7) is 4.40. The number of sulfonamides is 1. The van der Waals surface area contributed by atoms with Crippen molar-refractivity contribution in [2.75, 3.05) is 25.5 Å². The van der Waals surface area contributed by atoms with Gasteiger partial charge in [0.15, 0.2) is 0 Å². The number of hydrogen-bond acceptors (Lipinski definition) is 4. The Bertz CT molecular complexity index is 1020. The van der Waals surface area contributed by atoms with Crippen molar-refractivity contribution in [2.45, 2.75) is 31.6 Å². The normalized spacial score (nSPS) is 17.7. The molecule has 1 N–H and O–H groups in total. The Morgan fingerprint density at radius 1 is 1.21 bits per heavy atom. The maximum atomic E-state index is 13.2. The summed E-state index contributed by atoms with van der Waals surface area (Å²) >= 11 is 6.01. The second-order valence-corrected chi connectivity index (χ2v) is 9.65. The number of carbonyl (C=O) groups excluding carboxylic acids is 1. The molecule has 1 fully saturated rings. The number of ether oxygens (including phenoxy) is 1. The van der Waals surface area contributed by atoms with Crippen molar-refractivity contribution < 1.29 is 17.9 Å². The maximum absolute atomic E-state index is 13.2. The van der Waals surface area contributed by atoms with Gasteiger partial charge in [-0.05, 0) is 56.5 Å². The molecule has 0 aromatic heterocycles. The van der Waals surface area contributed by atoms with Crippen molar-refractivity contribution in [3.63, 3.8) is 0 Å². The Labute approximate surface area is 176 Å². The van der Waals surface area contributed by atoms with E-state index >= 15 is 0 Å². The number of anilines is 1. The summed E-state index contributed by atoms with van der Waals surface area (Å²) in [5, 5.41) is 3.26. The molecule has 8 heteroatoms. The number of benzene rings is 2. The van der Waals surface area contributed by atoms with Gasteiger partial charge >= 0.3 is 0 Å². The zero-order valence-electron chi connectivity index (χ0n) is 16.7. The van der Waals surface area contributed by atoms with E-state index < -0.39 is 15.9 Å². The highest BCUT2D eigenvalue weighted by molar-refractivity contribution is 7.89. The Hall–Kier alpha value is -2.09. The van der Waals surface area contributed by atoms with Gasteiger partial charge in [-0.25, -0.2) is 8.42 Å². The Morgan fingerprint density at radius 3 is 2.66 bits per heavy atom. The first-order valence-electron chi connectivity index (χ1n) is 9.44. The lowest BCUT2D eigenvalue weighted by Crippen LogP contribution is -2.43.